The minimum absolute atomic E-state index is 0. The second-order valence-corrected chi connectivity index (χ2v) is 7.19. The summed E-state index contributed by atoms with van der Waals surface area (Å²) in [5, 5.41) is 11.0. The molecule has 1 aromatic heterocycles. The van der Waals surface area contributed by atoms with Crippen LogP contribution in [0.4, 0.5) is 0 Å². The number of carbonyl (C=O) groups is 1. The topological polar surface area (TPSA) is 74.6 Å². The number of para-hydroxylation sites is 1. The van der Waals surface area contributed by atoms with Crippen LogP contribution in [-0.4, -0.2) is 53.2 Å². The van der Waals surface area contributed by atoms with Gasteiger partial charge in [0, 0.05) is 32.4 Å². The molecular formula is C21H31IN6O. The van der Waals surface area contributed by atoms with Gasteiger partial charge in [0.25, 0.3) is 0 Å². The van der Waals surface area contributed by atoms with Gasteiger partial charge >= 0.3 is 0 Å². The van der Waals surface area contributed by atoms with Gasteiger partial charge in [0.15, 0.2) is 5.96 Å². The minimum atomic E-state index is 0. The number of nitrogens with one attached hydrogen (secondary N) is 2. The minimum Gasteiger partial charge on any atom is -0.352 e. The van der Waals surface area contributed by atoms with Gasteiger partial charge in [-0.25, -0.2) is 4.68 Å². The van der Waals surface area contributed by atoms with Crippen LogP contribution in [0.25, 0.3) is 5.69 Å². The molecular weight excluding hydrogens is 479 g/mol. The number of aliphatic imine (C=N–C) groups is 1. The number of nitrogens with zero attached hydrogens (tertiary/aromatic N) is 4. The fourth-order valence-corrected chi connectivity index (χ4v) is 3.55. The van der Waals surface area contributed by atoms with E-state index >= 15 is 0 Å². The van der Waals surface area contributed by atoms with Gasteiger partial charge in [-0.3, -0.25) is 9.79 Å². The monoisotopic (exact) mass is 510 g/mol. The van der Waals surface area contributed by atoms with Gasteiger partial charge in [-0.2, -0.15) is 5.10 Å². The van der Waals surface area contributed by atoms with E-state index in [9.17, 15) is 4.79 Å². The molecule has 7 nitrogen and oxygen atoms in total. The lowest BCUT2D eigenvalue weighted by Crippen LogP contribution is -2.45. The lowest BCUT2D eigenvalue weighted by molar-refractivity contribution is -0.130. The Morgan fingerprint density at radius 3 is 2.52 bits per heavy atom. The van der Waals surface area contributed by atoms with Gasteiger partial charge in [0.2, 0.25) is 5.91 Å². The molecule has 8 heteroatoms. The van der Waals surface area contributed by atoms with Gasteiger partial charge in [0.1, 0.15) is 0 Å². The predicted octanol–water partition coefficient (Wildman–Crippen LogP) is 2.78. The van der Waals surface area contributed by atoms with Crippen molar-refractivity contribution in [1.82, 2.24) is 25.3 Å². The van der Waals surface area contributed by atoms with Crippen molar-refractivity contribution >= 4 is 35.8 Å². The number of likely N-dealkylation sites (tertiary alicyclic amines) is 1. The largest absolute Gasteiger partial charge is 0.352 e. The highest BCUT2D eigenvalue weighted by Gasteiger charge is 2.16. The molecule has 2 aromatic rings. The molecule has 1 fully saturated rings. The summed E-state index contributed by atoms with van der Waals surface area (Å²) in [6.45, 7) is 6.63. The summed E-state index contributed by atoms with van der Waals surface area (Å²) in [5.74, 6) is 0.749. The van der Waals surface area contributed by atoms with Crippen molar-refractivity contribution in [3.05, 3.63) is 47.3 Å². The summed E-state index contributed by atoms with van der Waals surface area (Å²) < 4.78 is 1.96. The normalized spacial score (nSPS) is 14.3. The molecule has 0 spiro atoms. The first kappa shape index (κ1) is 23.2. The smallest absolute Gasteiger partial charge is 0.241 e. The number of benzene rings is 1. The zero-order chi connectivity index (χ0) is 19.9. The SMILES string of the molecule is CN=C(NCC(=O)N1CCCCC1)NCc1ccccc1-n1nc(C)cc1C.I. The van der Waals surface area contributed by atoms with Crippen molar-refractivity contribution < 1.29 is 4.79 Å². The molecule has 1 aliphatic rings. The summed E-state index contributed by atoms with van der Waals surface area (Å²) >= 11 is 0. The fraction of sp³-hybridized carbons (Fsp3) is 0.476. The fourth-order valence-electron chi connectivity index (χ4n) is 3.55. The van der Waals surface area contributed by atoms with Crippen LogP contribution in [0.3, 0.4) is 0 Å². The average Bonchev–Trinajstić information content (AvgIpc) is 3.06. The van der Waals surface area contributed by atoms with Crippen molar-refractivity contribution in [2.75, 3.05) is 26.7 Å². The van der Waals surface area contributed by atoms with Crippen LogP contribution in [0.5, 0.6) is 0 Å². The van der Waals surface area contributed by atoms with Crippen molar-refractivity contribution in [2.24, 2.45) is 4.99 Å². The number of hydrogen-bond donors (Lipinski definition) is 2. The summed E-state index contributed by atoms with van der Waals surface area (Å²) in [7, 11) is 1.72. The van der Waals surface area contributed by atoms with Crippen LogP contribution in [0.2, 0.25) is 0 Å². The van der Waals surface area contributed by atoms with E-state index in [4.69, 9.17) is 0 Å². The number of guanidine groups is 1. The standard InChI is InChI=1S/C21H30N6O.HI/c1-16-13-17(2)27(25-16)19-10-6-5-9-18(19)14-23-21(22-3)24-15-20(28)26-11-7-4-8-12-26;/h5-6,9-10,13H,4,7-8,11-12,14-15H2,1-3H3,(H2,22,23,24);1H. The predicted molar refractivity (Wildman–Crippen MR) is 127 cm³/mol. The van der Waals surface area contributed by atoms with Gasteiger partial charge < -0.3 is 15.5 Å². The maximum atomic E-state index is 12.3. The van der Waals surface area contributed by atoms with Crippen molar-refractivity contribution in [2.45, 2.75) is 39.7 Å². The molecule has 1 amide bonds. The maximum Gasteiger partial charge on any atom is 0.241 e. The van der Waals surface area contributed by atoms with Gasteiger partial charge in [-0.05, 0) is 50.8 Å². The van der Waals surface area contributed by atoms with Gasteiger partial charge in [0.05, 0.1) is 17.9 Å². The Kier molecular flexibility index (Phi) is 8.94. The molecule has 3 rings (SSSR count). The first-order valence-corrected chi connectivity index (χ1v) is 9.92. The van der Waals surface area contributed by atoms with Crippen molar-refractivity contribution in [3.8, 4) is 5.69 Å². The third kappa shape index (κ3) is 6.19. The van der Waals surface area contributed by atoms with E-state index in [0.717, 1.165) is 48.6 Å². The van der Waals surface area contributed by atoms with E-state index in [-0.39, 0.29) is 36.4 Å². The molecule has 1 aromatic carbocycles. The lowest BCUT2D eigenvalue weighted by Gasteiger charge is -2.27. The number of hydrogen-bond acceptors (Lipinski definition) is 3. The molecule has 0 aliphatic carbocycles. The van der Waals surface area contributed by atoms with Crippen LogP contribution in [0.15, 0.2) is 35.3 Å². The number of halogens is 1. The molecule has 1 aliphatic heterocycles. The Balaban J connectivity index is 0.00000300. The first-order valence-electron chi connectivity index (χ1n) is 9.92. The van der Waals surface area contributed by atoms with Crippen LogP contribution in [0, 0.1) is 13.8 Å². The molecule has 0 saturated carbocycles. The summed E-state index contributed by atoms with van der Waals surface area (Å²) in [6, 6.07) is 10.2. The molecule has 0 radical (unpaired) electrons. The Labute approximate surface area is 190 Å². The summed E-state index contributed by atoms with van der Waals surface area (Å²) in [4.78, 5) is 18.5. The number of aryl methyl sites for hydroxylation is 2. The third-order valence-electron chi connectivity index (χ3n) is 5.02. The van der Waals surface area contributed by atoms with Gasteiger partial charge in [-0.1, -0.05) is 18.2 Å². The molecule has 1 saturated heterocycles. The van der Waals surface area contributed by atoms with E-state index in [0.29, 0.717) is 12.5 Å². The van der Waals surface area contributed by atoms with Crippen LogP contribution < -0.4 is 10.6 Å². The Morgan fingerprint density at radius 1 is 1.14 bits per heavy atom. The zero-order valence-electron chi connectivity index (χ0n) is 17.4. The summed E-state index contributed by atoms with van der Waals surface area (Å²) in [6.07, 6.45) is 3.42. The van der Waals surface area contributed by atoms with E-state index in [2.05, 4.69) is 45.8 Å². The van der Waals surface area contributed by atoms with E-state index in [1.165, 1.54) is 6.42 Å². The zero-order valence-corrected chi connectivity index (χ0v) is 19.8. The summed E-state index contributed by atoms with van der Waals surface area (Å²) in [5.41, 5.74) is 4.24. The number of aromatic nitrogens is 2. The molecule has 158 valence electrons. The first-order chi connectivity index (χ1) is 13.6. The van der Waals surface area contributed by atoms with Crippen molar-refractivity contribution in [1.29, 1.82) is 0 Å². The second-order valence-electron chi connectivity index (χ2n) is 7.19. The molecule has 2 N–H and O–H groups in total. The average molecular weight is 510 g/mol. The number of carbonyl (C=O) groups excluding carboxylic acids is 1. The van der Waals surface area contributed by atoms with Crippen molar-refractivity contribution in [3.63, 3.8) is 0 Å². The van der Waals surface area contributed by atoms with Crippen LogP contribution in [0.1, 0.15) is 36.2 Å². The van der Waals surface area contributed by atoms with E-state index in [1.807, 2.05) is 28.6 Å². The lowest BCUT2D eigenvalue weighted by atomic mass is 10.1. The Morgan fingerprint density at radius 2 is 1.86 bits per heavy atom. The number of amides is 1. The van der Waals surface area contributed by atoms with Gasteiger partial charge in [-0.15, -0.1) is 24.0 Å². The molecule has 2 heterocycles. The molecule has 29 heavy (non-hydrogen) atoms. The Bertz CT molecular complexity index is 841. The van der Waals surface area contributed by atoms with E-state index < -0.39 is 0 Å². The highest BCUT2D eigenvalue weighted by Crippen LogP contribution is 2.16. The quantitative estimate of drug-likeness (QED) is 0.369. The van der Waals surface area contributed by atoms with E-state index in [1.54, 1.807) is 7.05 Å². The number of piperidine rings is 1. The second kappa shape index (κ2) is 11.2. The third-order valence-corrected chi connectivity index (χ3v) is 5.02. The maximum absolute atomic E-state index is 12.3. The van der Waals surface area contributed by atoms with Crippen LogP contribution >= 0.6 is 24.0 Å². The highest BCUT2D eigenvalue weighted by molar-refractivity contribution is 14.0. The number of rotatable bonds is 5. The van der Waals surface area contributed by atoms with Crippen LogP contribution in [-0.2, 0) is 11.3 Å². The highest BCUT2D eigenvalue weighted by atomic mass is 127. The molecule has 0 bridgehead atoms. The molecule has 0 atom stereocenters. The Hall–Kier alpha value is -2.10. The molecule has 0 unspecified atom stereocenters.